The molecule has 1 N–H and O–H groups in total. The van der Waals surface area contributed by atoms with Crippen LogP contribution in [0.2, 0.25) is 0 Å². The molecule has 0 saturated carbocycles. The third-order valence-corrected chi connectivity index (χ3v) is 3.56. The number of aliphatic hydroxyl groups is 1. The average molecular weight is 270 g/mol. The molecule has 1 aromatic rings. The summed E-state index contributed by atoms with van der Waals surface area (Å²) in [5, 5.41) is 10.7. The van der Waals surface area contributed by atoms with Crippen LogP contribution >= 0.6 is 0 Å². The zero-order valence-electron chi connectivity index (χ0n) is 12.3. The molecule has 1 aliphatic carbocycles. The molecule has 2 unspecified atom stereocenters. The number of allylic oxidation sites excluding steroid dienone is 3. The molecule has 106 valence electrons. The van der Waals surface area contributed by atoms with Crippen molar-refractivity contribution in [3.8, 4) is 0 Å². The van der Waals surface area contributed by atoms with Gasteiger partial charge in [-0.3, -0.25) is 0 Å². The Hall–Kier alpha value is -1.80. The van der Waals surface area contributed by atoms with Gasteiger partial charge < -0.3 is 9.84 Å². The molecule has 0 amide bonds. The molecule has 0 spiro atoms. The second-order valence-corrected chi connectivity index (χ2v) is 5.44. The van der Waals surface area contributed by atoms with Crippen LogP contribution in [0.15, 0.2) is 66.0 Å². The summed E-state index contributed by atoms with van der Waals surface area (Å²) in [6, 6.07) is 10.2. The van der Waals surface area contributed by atoms with Crippen LogP contribution in [0.3, 0.4) is 0 Å². The molecule has 0 heterocycles. The summed E-state index contributed by atoms with van der Waals surface area (Å²) < 4.78 is 5.42. The highest BCUT2D eigenvalue weighted by atomic mass is 16.5. The number of benzene rings is 1. The maximum absolute atomic E-state index is 10.7. The van der Waals surface area contributed by atoms with Gasteiger partial charge in [-0.25, -0.2) is 0 Å². The van der Waals surface area contributed by atoms with Gasteiger partial charge in [0.05, 0.1) is 7.11 Å². The Kier molecular flexibility index (Phi) is 4.46. The SMILES string of the molecule is COC1=CC(c2ccccc2)C=CC1(O)CC=C(C)C. The fourth-order valence-electron chi connectivity index (χ4n) is 2.36. The van der Waals surface area contributed by atoms with Gasteiger partial charge in [0.15, 0.2) is 0 Å². The van der Waals surface area contributed by atoms with E-state index in [-0.39, 0.29) is 5.92 Å². The normalized spacial score (nSPS) is 25.0. The first kappa shape index (κ1) is 14.6. The van der Waals surface area contributed by atoms with Crippen LogP contribution in [0.25, 0.3) is 0 Å². The summed E-state index contributed by atoms with van der Waals surface area (Å²) in [6.07, 6.45) is 8.45. The van der Waals surface area contributed by atoms with Crippen molar-refractivity contribution >= 4 is 0 Å². The van der Waals surface area contributed by atoms with Crippen molar-refractivity contribution in [2.24, 2.45) is 0 Å². The molecular weight excluding hydrogens is 248 g/mol. The van der Waals surface area contributed by atoms with E-state index in [0.717, 1.165) is 0 Å². The monoisotopic (exact) mass is 270 g/mol. The van der Waals surface area contributed by atoms with Crippen LogP contribution in [0, 0.1) is 0 Å². The number of hydrogen-bond acceptors (Lipinski definition) is 2. The Labute approximate surface area is 121 Å². The smallest absolute Gasteiger partial charge is 0.143 e. The largest absolute Gasteiger partial charge is 0.498 e. The maximum atomic E-state index is 10.7. The Morgan fingerprint density at radius 2 is 2.00 bits per heavy atom. The van der Waals surface area contributed by atoms with Crippen LogP contribution < -0.4 is 0 Å². The van der Waals surface area contributed by atoms with Crippen LogP contribution in [0.5, 0.6) is 0 Å². The van der Waals surface area contributed by atoms with Crippen molar-refractivity contribution in [1.29, 1.82) is 0 Å². The lowest BCUT2D eigenvalue weighted by Gasteiger charge is -2.30. The lowest BCUT2D eigenvalue weighted by Crippen LogP contribution is -2.31. The minimum absolute atomic E-state index is 0.151. The molecule has 2 nitrogen and oxygen atoms in total. The number of hydrogen-bond donors (Lipinski definition) is 1. The summed E-state index contributed by atoms with van der Waals surface area (Å²) in [7, 11) is 1.61. The van der Waals surface area contributed by atoms with Gasteiger partial charge in [-0.05, 0) is 31.6 Å². The number of methoxy groups -OCH3 is 1. The van der Waals surface area contributed by atoms with E-state index in [1.54, 1.807) is 7.11 Å². The van der Waals surface area contributed by atoms with Crippen LogP contribution in [0.4, 0.5) is 0 Å². The quantitative estimate of drug-likeness (QED) is 0.839. The van der Waals surface area contributed by atoms with Crippen LogP contribution in [-0.4, -0.2) is 17.8 Å². The van der Waals surface area contributed by atoms with Gasteiger partial charge in [-0.15, -0.1) is 0 Å². The minimum Gasteiger partial charge on any atom is -0.498 e. The van der Waals surface area contributed by atoms with E-state index in [4.69, 9.17) is 4.74 Å². The summed E-state index contributed by atoms with van der Waals surface area (Å²) in [5.74, 6) is 0.768. The van der Waals surface area contributed by atoms with Gasteiger partial charge in [0.1, 0.15) is 11.4 Å². The lowest BCUT2D eigenvalue weighted by molar-refractivity contribution is 0.0630. The van der Waals surface area contributed by atoms with Crippen LogP contribution in [-0.2, 0) is 4.74 Å². The summed E-state index contributed by atoms with van der Waals surface area (Å²) >= 11 is 0. The molecule has 0 saturated heterocycles. The predicted molar refractivity (Wildman–Crippen MR) is 82.4 cm³/mol. The van der Waals surface area contributed by atoms with E-state index in [9.17, 15) is 5.11 Å². The summed E-state index contributed by atoms with van der Waals surface area (Å²) in [4.78, 5) is 0. The fourth-order valence-corrected chi connectivity index (χ4v) is 2.36. The minimum atomic E-state index is -1.03. The van der Waals surface area contributed by atoms with Crippen LogP contribution in [0.1, 0.15) is 31.7 Å². The van der Waals surface area contributed by atoms with E-state index in [1.807, 2.05) is 56.4 Å². The Balaban J connectivity index is 2.26. The molecule has 0 aliphatic heterocycles. The zero-order chi connectivity index (χ0) is 14.6. The van der Waals surface area contributed by atoms with Gasteiger partial charge in [0.2, 0.25) is 0 Å². The molecule has 0 aromatic heterocycles. The molecule has 2 atom stereocenters. The maximum Gasteiger partial charge on any atom is 0.143 e. The van der Waals surface area contributed by atoms with Crippen molar-refractivity contribution in [3.05, 3.63) is 71.5 Å². The zero-order valence-corrected chi connectivity index (χ0v) is 12.3. The van der Waals surface area contributed by atoms with Gasteiger partial charge in [0, 0.05) is 12.3 Å². The summed E-state index contributed by atoms with van der Waals surface area (Å²) in [5.41, 5.74) is 1.35. The highest BCUT2D eigenvalue weighted by Crippen LogP contribution is 2.34. The molecular formula is C18H22O2. The molecule has 0 fully saturated rings. The molecule has 20 heavy (non-hydrogen) atoms. The Morgan fingerprint density at radius 1 is 1.30 bits per heavy atom. The molecule has 0 radical (unpaired) electrons. The second-order valence-electron chi connectivity index (χ2n) is 5.44. The van der Waals surface area contributed by atoms with Crippen molar-refractivity contribution in [2.45, 2.75) is 31.8 Å². The highest BCUT2D eigenvalue weighted by Gasteiger charge is 2.32. The Morgan fingerprint density at radius 3 is 2.60 bits per heavy atom. The van der Waals surface area contributed by atoms with Crippen molar-refractivity contribution in [1.82, 2.24) is 0 Å². The molecule has 1 aliphatic rings. The first-order chi connectivity index (χ1) is 9.55. The van der Waals surface area contributed by atoms with E-state index in [1.165, 1.54) is 11.1 Å². The Bertz CT molecular complexity index is 536. The number of ether oxygens (including phenoxy) is 1. The molecule has 0 bridgehead atoms. The van der Waals surface area contributed by atoms with Crippen molar-refractivity contribution in [2.75, 3.05) is 7.11 Å². The van der Waals surface area contributed by atoms with Gasteiger partial charge in [0.25, 0.3) is 0 Å². The van der Waals surface area contributed by atoms with Gasteiger partial charge in [-0.2, -0.15) is 0 Å². The van der Waals surface area contributed by atoms with Gasteiger partial charge >= 0.3 is 0 Å². The van der Waals surface area contributed by atoms with Crippen molar-refractivity contribution in [3.63, 3.8) is 0 Å². The fraction of sp³-hybridized carbons (Fsp3) is 0.333. The average Bonchev–Trinajstić information content (AvgIpc) is 2.47. The highest BCUT2D eigenvalue weighted by molar-refractivity contribution is 5.38. The van der Waals surface area contributed by atoms with E-state index >= 15 is 0 Å². The topological polar surface area (TPSA) is 29.5 Å². The summed E-state index contributed by atoms with van der Waals surface area (Å²) in [6.45, 7) is 4.05. The first-order valence-corrected chi connectivity index (χ1v) is 6.91. The third kappa shape index (κ3) is 3.20. The molecule has 2 heteroatoms. The van der Waals surface area contributed by atoms with Crippen molar-refractivity contribution < 1.29 is 9.84 Å². The third-order valence-electron chi connectivity index (χ3n) is 3.56. The number of rotatable bonds is 4. The van der Waals surface area contributed by atoms with E-state index in [0.29, 0.717) is 12.2 Å². The molecule has 2 rings (SSSR count). The second kappa shape index (κ2) is 6.10. The van der Waals surface area contributed by atoms with E-state index in [2.05, 4.69) is 12.1 Å². The molecule has 1 aromatic carbocycles. The predicted octanol–water partition coefficient (Wildman–Crippen LogP) is 3.96. The lowest BCUT2D eigenvalue weighted by atomic mass is 9.84. The van der Waals surface area contributed by atoms with Gasteiger partial charge in [-0.1, -0.05) is 48.1 Å². The standard InChI is InChI=1S/C18H22O2/c1-14(2)9-11-18(19)12-10-16(13-17(18)20-3)15-7-5-4-6-8-15/h4-10,12-13,16,19H,11H2,1-3H3. The van der Waals surface area contributed by atoms with E-state index < -0.39 is 5.60 Å². The first-order valence-electron chi connectivity index (χ1n) is 6.91.